The molecule has 170 valence electrons. The topological polar surface area (TPSA) is 85.8 Å². The van der Waals surface area contributed by atoms with E-state index in [1.165, 1.54) is 11.1 Å². The number of nitrogens with zero attached hydrogens (tertiary/aromatic N) is 4. The number of hydrogen-bond donors (Lipinski definition) is 1. The van der Waals surface area contributed by atoms with E-state index >= 15 is 0 Å². The van der Waals surface area contributed by atoms with E-state index in [1.807, 2.05) is 48.9 Å². The predicted octanol–water partition coefficient (Wildman–Crippen LogP) is 4.41. The van der Waals surface area contributed by atoms with Crippen molar-refractivity contribution in [1.82, 2.24) is 25.2 Å². The van der Waals surface area contributed by atoms with E-state index in [9.17, 15) is 4.79 Å². The van der Waals surface area contributed by atoms with Crippen LogP contribution in [0.4, 0.5) is 0 Å². The Hall–Kier alpha value is -3.74. The molecular weight excluding hydrogens is 414 g/mol. The fourth-order valence-electron chi connectivity index (χ4n) is 3.76. The van der Waals surface area contributed by atoms with Gasteiger partial charge in [-0.05, 0) is 31.4 Å². The van der Waals surface area contributed by atoms with Crippen molar-refractivity contribution in [2.45, 2.75) is 53.1 Å². The molecule has 7 nitrogen and oxygen atoms in total. The Balaban J connectivity index is 1.30. The SMILES string of the molecule is CCc1ccc(-c2noc(CCC(=O)NCc3c(C)nn(Cc4ccccc4)c3C)n2)cc1. The molecule has 0 spiro atoms. The van der Waals surface area contributed by atoms with Crippen LogP contribution in [-0.4, -0.2) is 25.8 Å². The summed E-state index contributed by atoms with van der Waals surface area (Å²) in [5, 5.41) is 11.7. The van der Waals surface area contributed by atoms with Gasteiger partial charge in [0.15, 0.2) is 0 Å². The molecule has 0 atom stereocenters. The second-order valence-corrected chi connectivity index (χ2v) is 8.13. The van der Waals surface area contributed by atoms with Gasteiger partial charge < -0.3 is 9.84 Å². The summed E-state index contributed by atoms with van der Waals surface area (Å²) in [6.07, 6.45) is 1.67. The number of nitrogens with one attached hydrogen (secondary N) is 1. The molecule has 0 unspecified atom stereocenters. The van der Waals surface area contributed by atoms with Gasteiger partial charge in [-0.25, -0.2) is 0 Å². The zero-order valence-corrected chi connectivity index (χ0v) is 19.3. The minimum Gasteiger partial charge on any atom is -0.352 e. The molecule has 4 aromatic rings. The zero-order chi connectivity index (χ0) is 23.2. The van der Waals surface area contributed by atoms with Crippen LogP contribution in [0.3, 0.4) is 0 Å². The van der Waals surface area contributed by atoms with E-state index < -0.39 is 0 Å². The molecule has 2 aromatic heterocycles. The molecule has 0 aliphatic heterocycles. The molecule has 33 heavy (non-hydrogen) atoms. The number of carbonyl (C=O) groups excluding carboxylic acids is 1. The van der Waals surface area contributed by atoms with Gasteiger partial charge in [0.05, 0.1) is 12.2 Å². The molecule has 1 N–H and O–H groups in total. The summed E-state index contributed by atoms with van der Waals surface area (Å²) in [5.41, 5.74) is 6.40. The lowest BCUT2D eigenvalue weighted by Gasteiger charge is -2.07. The molecule has 2 heterocycles. The van der Waals surface area contributed by atoms with Gasteiger partial charge in [0, 0.05) is 36.2 Å². The highest BCUT2D eigenvalue weighted by molar-refractivity contribution is 5.76. The van der Waals surface area contributed by atoms with Gasteiger partial charge in [-0.15, -0.1) is 0 Å². The minimum absolute atomic E-state index is 0.0586. The van der Waals surface area contributed by atoms with Crippen LogP contribution in [0.1, 0.15) is 47.3 Å². The van der Waals surface area contributed by atoms with E-state index in [-0.39, 0.29) is 12.3 Å². The number of amides is 1. The molecule has 7 heteroatoms. The van der Waals surface area contributed by atoms with Crippen LogP contribution < -0.4 is 5.32 Å². The molecule has 0 radical (unpaired) electrons. The molecule has 2 aromatic carbocycles. The molecule has 1 amide bonds. The van der Waals surface area contributed by atoms with Crippen molar-refractivity contribution in [2.75, 3.05) is 0 Å². The first-order valence-electron chi connectivity index (χ1n) is 11.3. The van der Waals surface area contributed by atoms with E-state index in [0.29, 0.717) is 31.2 Å². The summed E-state index contributed by atoms with van der Waals surface area (Å²) >= 11 is 0. The van der Waals surface area contributed by atoms with Gasteiger partial charge in [-0.3, -0.25) is 9.48 Å². The third-order valence-electron chi connectivity index (χ3n) is 5.82. The van der Waals surface area contributed by atoms with Crippen LogP contribution in [0.15, 0.2) is 59.1 Å². The third-order valence-corrected chi connectivity index (χ3v) is 5.82. The van der Waals surface area contributed by atoms with Crippen LogP contribution in [0.5, 0.6) is 0 Å². The normalized spacial score (nSPS) is 11.0. The van der Waals surface area contributed by atoms with E-state index in [2.05, 4.69) is 51.7 Å². The molecule has 0 saturated heterocycles. The lowest BCUT2D eigenvalue weighted by atomic mass is 10.1. The molecule has 0 saturated carbocycles. The smallest absolute Gasteiger partial charge is 0.227 e. The van der Waals surface area contributed by atoms with Gasteiger partial charge in [-0.1, -0.05) is 66.7 Å². The van der Waals surface area contributed by atoms with E-state index in [4.69, 9.17) is 4.52 Å². The second kappa shape index (κ2) is 10.3. The number of aromatic nitrogens is 4. The molecule has 0 aliphatic rings. The van der Waals surface area contributed by atoms with Crippen LogP contribution in [0, 0.1) is 13.8 Å². The van der Waals surface area contributed by atoms with Gasteiger partial charge in [-0.2, -0.15) is 10.1 Å². The Morgan fingerprint density at radius 2 is 1.79 bits per heavy atom. The van der Waals surface area contributed by atoms with Gasteiger partial charge in [0.25, 0.3) is 0 Å². The van der Waals surface area contributed by atoms with Crippen molar-refractivity contribution in [3.8, 4) is 11.4 Å². The molecular formula is C26H29N5O2. The highest BCUT2D eigenvalue weighted by atomic mass is 16.5. The summed E-state index contributed by atoms with van der Waals surface area (Å²) in [7, 11) is 0. The first kappa shape index (κ1) is 22.5. The molecule has 0 bridgehead atoms. The van der Waals surface area contributed by atoms with Gasteiger partial charge in [0.1, 0.15) is 0 Å². The Morgan fingerprint density at radius 3 is 2.52 bits per heavy atom. The maximum atomic E-state index is 12.4. The Morgan fingerprint density at radius 1 is 1.03 bits per heavy atom. The van der Waals surface area contributed by atoms with Crippen molar-refractivity contribution >= 4 is 5.91 Å². The lowest BCUT2D eigenvalue weighted by molar-refractivity contribution is -0.121. The fourth-order valence-corrected chi connectivity index (χ4v) is 3.76. The van der Waals surface area contributed by atoms with Crippen molar-refractivity contribution in [3.63, 3.8) is 0 Å². The quantitative estimate of drug-likeness (QED) is 0.414. The predicted molar refractivity (Wildman–Crippen MR) is 127 cm³/mol. The first-order valence-corrected chi connectivity index (χ1v) is 11.3. The maximum absolute atomic E-state index is 12.4. The molecule has 0 aliphatic carbocycles. The van der Waals surface area contributed by atoms with Crippen LogP contribution in [0.25, 0.3) is 11.4 Å². The van der Waals surface area contributed by atoms with Crippen LogP contribution in [-0.2, 0) is 30.7 Å². The Bertz CT molecular complexity index is 1210. The Labute approximate surface area is 193 Å². The summed E-state index contributed by atoms with van der Waals surface area (Å²) in [4.78, 5) is 16.9. The number of benzene rings is 2. The zero-order valence-electron chi connectivity index (χ0n) is 19.3. The summed E-state index contributed by atoms with van der Waals surface area (Å²) < 4.78 is 7.32. The summed E-state index contributed by atoms with van der Waals surface area (Å²) in [6.45, 7) is 7.29. The van der Waals surface area contributed by atoms with Crippen molar-refractivity contribution in [1.29, 1.82) is 0 Å². The standard InChI is InChI=1S/C26H29N5O2/c1-4-20-10-12-22(13-11-20)26-28-25(33-30-26)15-14-24(32)27-16-23-18(2)29-31(19(23)3)17-21-8-6-5-7-9-21/h5-13H,4,14-17H2,1-3H3,(H,27,32). The average Bonchev–Trinajstić information content (AvgIpc) is 3.41. The van der Waals surface area contributed by atoms with Gasteiger partial charge in [0.2, 0.25) is 17.6 Å². The average molecular weight is 444 g/mol. The van der Waals surface area contributed by atoms with Gasteiger partial charge >= 0.3 is 0 Å². The lowest BCUT2D eigenvalue weighted by Crippen LogP contribution is -2.23. The maximum Gasteiger partial charge on any atom is 0.227 e. The highest BCUT2D eigenvalue weighted by Crippen LogP contribution is 2.18. The number of carbonyl (C=O) groups is 1. The van der Waals surface area contributed by atoms with Crippen LogP contribution in [0.2, 0.25) is 0 Å². The van der Waals surface area contributed by atoms with Crippen molar-refractivity contribution in [2.24, 2.45) is 0 Å². The molecule has 0 fully saturated rings. The first-order chi connectivity index (χ1) is 16.0. The number of aryl methyl sites for hydroxylation is 3. The van der Waals surface area contributed by atoms with Crippen molar-refractivity contribution in [3.05, 3.63) is 88.6 Å². The highest BCUT2D eigenvalue weighted by Gasteiger charge is 2.14. The monoisotopic (exact) mass is 443 g/mol. The largest absolute Gasteiger partial charge is 0.352 e. The minimum atomic E-state index is -0.0586. The number of hydrogen-bond acceptors (Lipinski definition) is 5. The molecule has 4 rings (SSSR count). The third kappa shape index (κ3) is 5.55. The van der Waals surface area contributed by atoms with Crippen LogP contribution >= 0.6 is 0 Å². The summed E-state index contributed by atoms with van der Waals surface area (Å²) in [6, 6.07) is 18.3. The Kier molecular flexibility index (Phi) is 6.98. The number of rotatable bonds is 9. The summed E-state index contributed by atoms with van der Waals surface area (Å²) in [5.74, 6) is 0.949. The van der Waals surface area contributed by atoms with Crippen molar-refractivity contribution < 1.29 is 9.32 Å². The van der Waals surface area contributed by atoms with E-state index in [0.717, 1.165) is 28.9 Å². The van der Waals surface area contributed by atoms with E-state index in [1.54, 1.807) is 0 Å². The fraction of sp³-hybridized carbons (Fsp3) is 0.308. The second-order valence-electron chi connectivity index (χ2n) is 8.13.